The largest absolute Gasteiger partial charge is 0.497 e. The Kier molecular flexibility index (Phi) is 8.12. The maximum Gasteiger partial charge on any atom is 0.252 e. The molecule has 4 rings (SSSR count). The number of pyridine rings is 1. The number of ether oxygens (including phenoxy) is 2. The summed E-state index contributed by atoms with van der Waals surface area (Å²) in [6.45, 7) is 8.52. The number of hydrogen-bond donors (Lipinski definition) is 1. The highest BCUT2D eigenvalue weighted by Crippen LogP contribution is 2.30. The Balaban J connectivity index is 1.75. The average molecular weight is 491 g/mol. The summed E-state index contributed by atoms with van der Waals surface area (Å²) in [7, 11) is 3.28. The average Bonchev–Trinajstić information content (AvgIpc) is 3.31. The lowest BCUT2D eigenvalue weighted by atomic mass is 9.99. The summed E-state index contributed by atoms with van der Waals surface area (Å²) < 4.78 is 12.4. The van der Waals surface area contributed by atoms with Crippen LogP contribution in [0.2, 0.25) is 0 Å². The minimum atomic E-state index is -0.121. The summed E-state index contributed by atoms with van der Waals surface area (Å²) in [4.78, 5) is 18.5. The Morgan fingerprint density at radius 1 is 1.06 bits per heavy atom. The van der Waals surface area contributed by atoms with E-state index in [0.717, 1.165) is 22.3 Å². The molecule has 0 bridgehead atoms. The third-order valence-corrected chi connectivity index (χ3v) is 6.37. The lowest BCUT2D eigenvalue weighted by Gasteiger charge is -2.33. The molecule has 0 fully saturated rings. The van der Waals surface area contributed by atoms with Gasteiger partial charge in [0.15, 0.2) is 5.82 Å². The molecule has 0 aliphatic heterocycles. The molecule has 1 N–H and O–H groups in total. The number of nitrogens with zero attached hydrogens (tertiary/aromatic N) is 5. The van der Waals surface area contributed by atoms with Gasteiger partial charge in [0.2, 0.25) is 0 Å². The second-order valence-electron chi connectivity index (χ2n) is 9.41. The van der Waals surface area contributed by atoms with Crippen LogP contribution in [0.4, 0.5) is 0 Å². The van der Waals surface area contributed by atoms with Crippen LogP contribution in [0, 0.1) is 12.8 Å². The van der Waals surface area contributed by atoms with Crippen LogP contribution >= 0.6 is 0 Å². The lowest BCUT2D eigenvalue weighted by molar-refractivity contribution is 0.121. The van der Waals surface area contributed by atoms with E-state index in [1.165, 1.54) is 5.56 Å². The number of benzene rings is 2. The van der Waals surface area contributed by atoms with E-state index >= 15 is 0 Å². The third kappa shape index (κ3) is 5.80. The van der Waals surface area contributed by atoms with Crippen LogP contribution in [-0.2, 0) is 24.4 Å². The predicted molar refractivity (Wildman–Crippen MR) is 139 cm³/mol. The molecule has 2 heterocycles. The zero-order valence-corrected chi connectivity index (χ0v) is 21.6. The van der Waals surface area contributed by atoms with Crippen LogP contribution in [0.15, 0.2) is 53.3 Å². The van der Waals surface area contributed by atoms with Crippen molar-refractivity contribution < 1.29 is 9.47 Å². The van der Waals surface area contributed by atoms with E-state index in [9.17, 15) is 4.79 Å². The van der Waals surface area contributed by atoms with Gasteiger partial charge in [-0.3, -0.25) is 9.69 Å². The Labute approximate surface area is 211 Å². The van der Waals surface area contributed by atoms with Gasteiger partial charge in [-0.2, -0.15) is 0 Å². The number of nitrogens with one attached hydrogen (secondary N) is 1. The van der Waals surface area contributed by atoms with Crippen molar-refractivity contribution in [2.24, 2.45) is 5.92 Å². The van der Waals surface area contributed by atoms with Gasteiger partial charge in [-0.25, -0.2) is 4.68 Å². The molecule has 36 heavy (non-hydrogen) atoms. The zero-order chi connectivity index (χ0) is 25.7. The van der Waals surface area contributed by atoms with Gasteiger partial charge in [-0.1, -0.05) is 43.7 Å². The maximum absolute atomic E-state index is 13.2. The molecule has 2 aromatic carbocycles. The zero-order valence-electron chi connectivity index (χ0n) is 21.6. The summed E-state index contributed by atoms with van der Waals surface area (Å²) in [5, 5.41) is 13.5. The first-order valence-corrected chi connectivity index (χ1v) is 12.1. The molecule has 0 aliphatic rings. The van der Waals surface area contributed by atoms with Gasteiger partial charge in [0.05, 0.1) is 31.8 Å². The summed E-state index contributed by atoms with van der Waals surface area (Å²) in [6.07, 6.45) is 0. The molecule has 0 radical (unpaired) electrons. The molecule has 0 saturated heterocycles. The first kappa shape index (κ1) is 25.5. The van der Waals surface area contributed by atoms with Crippen molar-refractivity contribution in [3.05, 3.63) is 81.4 Å². The first-order valence-electron chi connectivity index (χ1n) is 12.1. The van der Waals surface area contributed by atoms with E-state index < -0.39 is 0 Å². The van der Waals surface area contributed by atoms with E-state index in [0.29, 0.717) is 37.6 Å². The number of aryl methyl sites for hydroxylation is 1. The van der Waals surface area contributed by atoms with E-state index in [4.69, 9.17) is 9.47 Å². The maximum atomic E-state index is 13.2. The van der Waals surface area contributed by atoms with Gasteiger partial charge < -0.3 is 14.5 Å². The number of aromatic amines is 1. The van der Waals surface area contributed by atoms with Crippen molar-refractivity contribution in [2.45, 2.75) is 46.4 Å². The molecule has 0 spiro atoms. The normalized spacial score (nSPS) is 12.5. The van der Waals surface area contributed by atoms with Gasteiger partial charge in [-0.15, -0.1) is 5.10 Å². The van der Waals surface area contributed by atoms with Gasteiger partial charge in [0, 0.05) is 31.8 Å². The van der Waals surface area contributed by atoms with Crippen LogP contribution in [0.1, 0.15) is 42.4 Å². The summed E-state index contributed by atoms with van der Waals surface area (Å²) in [6, 6.07) is 16.0. The Bertz CT molecular complexity index is 1350. The van der Waals surface area contributed by atoms with Crippen molar-refractivity contribution >= 4 is 10.9 Å². The minimum absolute atomic E-state index is 0.119. The van der Waals surface area contributed by atoms with Gasteiger partial charge in [0.1, 0.15) is 5.75 Å². The van der Waals surface area contributed by atoms with Crippen LogP contribution in [0.3, 0.4) is 0 Å². The molecule has 0 aliphatic carbocycles. The highest BCUT2D eigenvalue weighted by atomic mass is 16.5. The Morgan fingerprint density at radius 2 is 1.83 bits per heavy atom. The fourth-order valence-electron chi connectivity index (χ4n) is 4.51. The van der Waals surface area contributed by atoms with Crippen LogP contribution in [-0.4, -0.2) is 50.9 Å². The second kappa shape index (κ2) is 11.5. The van der Waals surface area contributed by atoms with Crippen molar-refractivity contribution in [1.82, 2.24) is 30.1 Å². The van der Waals surface area contributed by atoms with E-state index in [-0.39, 0.29) is 17.5 Å². The van der Waals surface area contributed by atoms with Gasteiger partial charge in [-0.05, 0) is 52.4 Å². The fraction of sp³-hybridized carbons (Fsp3) is 0.407. The SMILES string of the molecule is COCCn1nnnc1[C@@H](C(C)C)N(Cc1ccc(C)cc1)Cc1cc2ccc(OC)cc2[nH]c1=O. The molecule has 0 unspecified atom stereocenters. The van der Waals surface area contributed by atoms with Crippen molar-refractivity contribution in [2.75, 3.05) is 20.8 Å². The van der Waals surface area contributed by atoms with Crippen LogP contribution in [0.5, 0.6) is 5.75 Å². The molecular weight excluding hydrogens is 456 g/mol. The van der Waals surface area contributed by atoms with E-state index in [1.54, 1.807) is 18.9 Å². The Hall–Kier alpha value is -3.56. The highest BCUT2D eigenvalue weighted by Gasteiger charge is 2.30. The molecular formula is C27H34N6O3. The fourth-order valence-corrected chi connectivity index (χ4v) is 4.51. The number of aromatic nitrogens is 5. The number of hydrogen-bond acceptors (Lipinski definition) is 7. The van der Waals surface area contributed by atoms with Gasteiger partial charge in [0.25, 0.3) is 5.56 Å². The quantitative estimate of drug-likeness (QED) is 0.341. The highest BCUT2D eigenvalue weighted by molar-refractivity contribution is 5.80. The molecule has 4 aromatic rings. The monoisotopic (exact) mass is 490 g/mol. The second-order valence-corrected chi connectivity index (χ2v) is 9.41. The predicted octanol–water partition coefficient (Wildman–Crippen LogP) is 3.88. The van der Waals surface area contributed by atoms with Crippen molar-refractivity contribution in [3.8, 4) is 5.75 Å². The standard InChI is InChI=1S/C27H34N6O3/c1-18(2)25(26-29-30-31-33(26)12-13-35-4)32(16-20-8-6-19(3)7-9-20)17-22-14-21-10-11-23(36-5)15-24(21)28-27(22)34/h6-11,14-15,18,25H,12-13,16-17H2,1-5H3,(H,28,34)/t25-/m1/s1. The summed E-state index contributed by atoms with van der Waals surface area (Å²) in [5.41, 5.74) is 3.67. The first-order chi connectivity index (χ1) is 17.4. The third-order valence-electron chi connectivity index (χ3n) is 6.37. The minimum Gasteiger partial charge on any atom is -0.497 e. The Morgan fingerprint density at radius 3 is 2.53 bits per heavy atom. The molecule has 1 atom stereocenters. The molecule has 2 aromatic heterocycles. The lowest BCUT2D eigenvalue weighted by Crippen LogP contribution is -2.35. The summed E-state index contributed by atoms with van der Waals surface area (Å²) in [5.74, 6) is 1.65. The molecule has 0 saturated carbocycles. The van der Waals surface area contributed by atoms with Crippen LogP contribution < -0.4 is 10.3 Å². The van der Waals surface area contributed by atoms with E-state index in [1.807, 2.05) is 24.3 Å². The van der Waals surface area contributed by atoms with Crippen molar-refractivity contribution in [1.29, 1.82) is 0 Å². The smallest absolute Gasteiger partial charge is 0.252 e. The number of fused-ring (bicyclic) bond motifs is 1. The molecule has 0 amide bonds. The number of rotatable bonds is 11. The summed E-state index contributed by atoms with van der Waals surface area (Å²) >= 11 is 0. The van der Waals surface area contributed by atoms with E-state index in [2.05, 4.69) is 70.4 Å². The topological polar surface area (TPSA) is 98.2 Å². The number of H-pyrrole nitrogens is 1. The van der Waals surface area contributed by atoms with Crippen molar-refractivity contribution in [3.63, 3.8) is 0 Å². The molecule has 190 valence electrons. The molecule has 9 nitrogen and oxygen atoms in total. The molecule has 9 heteroatoms. The number of tetrazole rings is 1. The van der Waals surface area contributed by atoms with Crippen LogP contribution in [0.25, 0.3) is 10.9 Å². The number of methoxy groups -OCH3 is 2. The van der Waals surface area contributed by atoms with Gasteiger partial charge >= 0.3 is 0 Å².